The Labute approximate surface area is 104 Å². The molecule has 0 N–H and O–H groups in total. The summed E-state index contributed by atoms with van der Waals surface area (Å²) >= 11 is 1.12. The highest BCUT2D eigenvalue weighted by Gasteiger charge is 2.37. The molecule has 0 atom stereocenters. The van der Waals surface area contributed by atoms with Crippen LogP contribution in [-0.4, -0.2) is 19.9 Å². The summed E-state index contributed by atoms with van der Waals surface area (Å²) in [5, 5.41) is 10.6. The Kier molecular flexibility index (Phi) is 3.33. The Morgan fingerprint density at radius 2 is 2.11 bits per heavy atom. The van der Waals surface area contributed by atoms with E-state index in [0.717, 1.165) is 16.3 Å². The maximum absolute atomic E-state index is 12.5. The number of rotatable bonds is 3. The van der Waals surface area contributed by atoms with Gasteiger partial charge in [0.25, 0.3) is 0 Å². The Morgan fingerprint density at radius 1 is 1.39 bits per heavy atom. The summed E-state index contributed by atoms with van der Waals surface area (Å²) in [5.74, 6) is 0.0159. The van der Waals surface area contributed by atoms with E-state index in [9.17, 15) is 13.2 Å². The van der Waals surface area contributed by atoms with Gasteiger partial charge in [0, 0.05) is 18.9 Å². The van der Waals surface area contributed by atoms with E-state index in [-0.39, 0.29) is 5.16 Å². The molecule has 18 heavy (non-hydrogen) atoms. The highest BCUT2D eigenvalue weighted by molar-refractivity contribution is 7.98. The lowest BCUT2D eigenvalue weighted by molar-refractivity contribution is -0.147. The van der Waals surface area contributed by atoms with E-state index < -0.39 is 12.0 Å². The van der Waals surface area contributed by atoms with Crippen LogP contribution in [0.25, 0.3) is 0 Å². The molecule has 0 saturated carbocycles. The molecule has 2 aromatic rings. The van der Waals surface area contributed by atoms with Gasteiger partial charge in [-0.3, -0.25) is 0 Å². The lowest BCUT2D eigenvalue weighted by atomic mass is 10.4. The molecule has 0 aliphatic carbocycles. The molecule has 0 saturated heterocycles. The fraction of sp³-hybridized carbons (Fsp3) is 0.444. The number of alkyl halides is 3. The number of hydrogen-bond acceptors (Lipinski definition) is 5. The van der Waals surface area contributed by atoms with E-state index in [1.54, 1.807) is 13.0 Å². The van der Waals surface area contributed by atoms with Gasteiger partial charge >= 0.3 is 6.18 Å². The maximum Gasteiger partial charge on any atom is 0.451 e. The predicted molar refractivity (Wildman–Crippen MR) is 56.8 cm³/mol. The van der Waals surface area contributed by atoms with Gasteiger partial charge < -0.3 is 9.09 Å². The van der Waals surface area contributed by atoms with Crippen molar-refractivity contribution in [2.45, 2.75) is 24.0 Å². The van der Waals surface area contributed by atoms with E-state index in [2.05, 4.69) is 15.4 Å². The Hall–Kier alpha value is -1.51. The molecule has 0 aliphatic rings. The zero-order valence-electron chi connectivity index (χ0n) is 9.52. The van der Waals surface area contributed by atoms with Crippen molar-refractivity contribution in [3.05, 3.63) is 23.3 Å². The van der Waals surface area contributed by atoms with Crippen molar-refractivity contribution in [3.63, 3.8) is 0 Å². The fourth-order valence-electron chi connectivity index (χ4n) is 1.31. The summed E-state index contributed by atoms with van der Waals surface area (Å²) in [5.41, 5.74) is 0.647. The van der Waals surface area contributed by atoms with Crippen LogP contribution in [0, 0.1) is 6.92 Å². The van der Waals surface area contributed by atoms with Crippen molar-refractivity contribution >= 4 is 11.8 Å². The van der Waals surface area contributed by atoms with E-state index in [0.29, 0.717) is 17.2 Å². The molecule has 0 aliphatic heterocycles. The van der Waals surface area contributed by atoms with Crippen LogP contribution in [0.1, 0.15) is 17.3 Å². The second-order valence-corrected chi connectivity index (χ2v) is 4.52. The molecule has 9 heteroatoms. The number of aryl methyl sites for hydroxylation is 1. The van der Waals surface area contributed by atoms with Gasteiger partial charge in [-0.25, -0.2) is 0 Å². The first-order chi connectivity index (χ1) is 8.38. The minimum atomic E-state index is -4.50. The quantitative estimate of drug-likeness (QED) is 0.807. The zero-order valence-corrected chi connectivity index (χ0v) is 10.3. The van der Waals surface area contributed by atoms with Crippen LogP contribution in [0.4, 0.5) is 13.2 Å². The number of hydrogen-bond donors (Lipinski definition) is 0. The molecule has 98 valence electrons. The highest BCUT2D eigenvalue weighted by atomic mass is 32.2. The standard InChI is InChI=1S/C9H9F3N4OS/c1-5-3-6(15-17-5)4-18-8-14-13-7(16(8)2)9(10,11)12/h3H,4H2,1-2H3. The largest absolute Gasteiger partial charge is 0.451 e. The van der Waals surface area contributed by atoms with E-state index in [1.807, 2.05) is 0 Å². The average Bonchev–Trinajstić information content (AvgIpc) is 2.81. The summed E-state index contributed by atoms with van der Waals surface area (Å²) in [4.78, 5) is 0. The molecule has 2 rings (SSSR count). The van der Waals surface area contributed by atoms with Crippen molar-refractivity contribution in [2.24, 2.45) is 7.05 Å². The van der Waals surface area contributed by atoms with Gasteiger partial charge in [0.2, 0.25) is 5.82 Å². The molecule has 0 unspecified atom stereocenters. The third-order valence-electron chi connectivity index (χ3n) is 2.11. The average molecular weight is 278 g/mol. The molecular weight excluding hydrogens is 269 g/mol. The van der Waals surface area contributed by atoms with Gasteiger partial charge in [-0.15, -0.1) is 10.2 Å². The monoisotopic (exact) mass is 278 g/mol. The van der Waals surface area contributed by atoms with Crippen LogP contribution < -0.4 is 0 Å². The summed E-state index contributed by atoms with van der Waals surface area (Å²) < 4.78 is 43.2. The third kappa shape index (κ3) is 2.66. The first kappa shape index (κ1) is 12.9. The second kappa shape index (κ2) is 4.63. The molecule has 0 fully saturated rings. The molecule has 2 heterocycles. The molecular formula is C9H9F3N4OS. The smallest absolute Gasteiger partial charge is 0.361 e. The minimum Gasteiger partial charge on any atom is -0.361 e. The number of halogens is 3. The normalized spacial score (nSPS) is 12.1. The minimum absolute atomic E-state index is 0.183. The van der Waals surface area contributed by atoms with Crippen LogP contribution in [0.15, 0.2) is 15.7 Å². The predicted octanol–water partition coefficient (Wildman–Crippen LogP) is 2.42. The molecule has 0 bridgehead atoms. The lowest BCUT2D eigenvalue weighted by Gasteiger charge is -2.05. The van der Waals surface area contributed by atoms with E-state index in [4.69, 9.17) is 4.52 Å². The van der Waals surface area contributed by atoms with Gasteiger partial charge in [0.15, 0.2) is 5.16 Å². The third-order valence-corrected chi connectivity index (χ3v) is 3.17. The van der Waals surface area contributed by atoms with Gasteiger partial charge in [-0.1, -0.05) is 16.9 Å². The summed E-state index contributed by atoms with van der Waals surface area (Å²) in [7, 11) is 1.28. The maximum atomic E-state index is 12.5. The lowest BCUT2D eigenvalue weighted by Crippen LogP contribution is -2.12. The van der Waals surface area contributed by atoms with Gasteiger partial charge in [0.05, 0.1) is 5.69 Å². The first-order valence-electron chi connectivity index (χ1n) is 4.89. The van der Waals surface area contributed by atoms with Gasteiger partial charge in [0.1, 0.15) is 5.76 Å². The van der Waals surface area contributed by atoms with Crippen molar-refractivity contribution in [1.29, 1.82) is 0 Å². The second-order valence-electron chi connectivity index (χ2n) is 3.58. The Bertz CT molecular complexity index is 548. The highest BCUT2D eigenvalue weighted by Crippen LogP contribution is 2.30. The van der Waals surface area contributed by atoms with Crippen LogP contribution in [0.2, 0.25) is 0 Å². The number of aromatic nitrogens is 4. The molecule has 0 radical (unpaired) electrons. The topological polar surface area (TPSA) is 56.7 Å². The van der Waals surface area contributed by atoms with E-state index >= 15 is 0 Å². The summed E-state index contributed by atoms with van der Waals surface area (Å²) in [6.07, 6.45) is -4.50. The Morgan fingerprint density at radius 3 is 2.61 bits per heavy atom. The molecule has 0 aromatic carbocycles. The molecule has 0 spiro atoms. The van der Waals surface area contributed by atoms with Gasteiger partial charge in [-0.05, 0) is 6.92 Å². The molecule has 0 amide bonds. The van der Waals surface area contributed by atoms with Crippen LogP contribution in [0.5, 0.6) is 0 Å². The Balaban J connectivity index is 2.09. The molecule has 2 aromatic heterocycles. The SMILES string of the molecule is Cc1cc(CSc2nnc(C(F)(F)F)n2C)no1. The van der Waals surface area contributed by atoms with Crippen molar-refractivity contribution in [1.82, 2.24) is 19.9 Å². The van der Waals surface area contributed by atoms with Gasteiger partial charge in [-0.2, -0.15) is 13.2 Å². The van der Waals surface area contributed by atoms with Crippen molar-refractivity contribution in [2.75, 3.05) is 0 Å². The van der Waals surface area contributed by atoms with Crippen LogP contribution >= 0.6 is 11.8 Å². The van der Waals surface area contributed by atoms with Crippen LogP contribution in [0.3, 0.4) is 0 Å². The van der Waals surface area contributed by atoms with Crippen molar-refractivity contribution < 1.29 is 17.7 Å². The zero-order chi connectivity index (χ0) is 13.3. The first-order valence-corrected chi connectivity index (χ1v) is 5.88. The fourth-order valence-corrected chi connectivity index (χ4v) is 2.10. The van der Waals surface area contributed by atoms with Crippen LogP contribution in [-0.2, 0) is 19.0 Å². The molecule has 5 nitrogen and oxygen atoms in total. The van der Waals surface area contributed by atoms with Crippen molar-refractivity contribution in [3.8, 4) is 0 Å². The van der Waals surface area contributed by atoms with E-state index in [1.165, 1.54) is 7.05 Å². The number of nitrogens with zero attached hydrogens (tertiary/aromatic N) is 4. The summed E-state index contributed by atoms with van der Waals surface area (Å²) in [6, 6.07) is 1.72. The number of thioether (sulfide) groups is 1. The summed E-state index contributed by atoms with van der Waals surface area (Å²) in [6.45, 7) is 1.74.